The Kier molecular flexibility index (Phi) is 6.75. The van der Waals surface area contributed by atoms with Crippen molar-refractivity contribution in [2.45, 2.75) is 44.4 Å². The Balaban J connectivity index is 1.48. The summed E-state index contributed by atoms with van der Waals surface area (Å²) in [5.41, 5.74) is 2.95. The maximum absolute atomic E-state index is 13.2. The fourth-order valence-electron chi connectivity index (χ4n) is 3.88. The summed E-state index contributed by atoms with van der Waals surface area (Å²) in [6, 6.07) is 14.7. The Bertz CT molecular complexity index is 1190. The first-order chi connectivity index (χ1) is 15.9. The molecule has 3 aromatic rings. The van der Waals surface area contributed by atoms with E-state index in [1.165, 1.54) is 32.1 Å². The van der Waals surface area contributed by atoms with Crippen LogP contribution < -0.4 is 5.32 Å². The van der Waals surface area contributed by atoms with Crippen LogP contribution in [-0.2, 0) is 14.9 Å². The van der Waals surface area contributed by atoms with E-state index in [0.717, 1.165) is 10.6 Å². The highest BCUT2D eigenvalue weighted by Gasteiger charge is 2.33. The summed E-state index contributed by atoms with van der Waals surface area (Å²) >= 11 is 1.66. The van der Waals surface area contributed by atoms with Crippen LogP contribution in [0.2, 0.25) is 0 Å². The molecule has 6 heteroatoms. The van der Waals surface area contributed by atoms with Gasteiger partial charge in [0.1, 0.15) is 5.01 Å². The first kappa shape index (κ1) is 22.9. The number of anilines is 1. The van der Waals surface area contributed by atoms with Crippen molar-refractivity contribution >= 4 is 41.1 Å². The molecule has 2 aromatic carbocycles. The number of hydrogen-bond acceptors (Lipinski definition) is 5. The third-order valence-electron chi connectivity index (χ3n) is 6.20. The van der Waals surface area contributed by atoms with E-state index < -0.39 is 11.4 Å². The SMILES string of the molecule is COC(=O)c1ccccc1C(C)(C)C(=O)Nc1cccc(/C=C/c2nc(C3CCC3)cs2)c1. The number of amides is 1. The lowest BCUT2D eigenvalue weighted by molar-refractivity contribution is -0.120. The lowest BCUT2D eigenvalue weighted by atomic mass is 9.80. The zero-order valence-corrected chi connectivity index (χ0v) is 19.9. The molecule has 1 saturated carbocycles. The highest BCUT2D eigenvalue weighted by Crippen LogP contribution is 2.36. The smallest absolute Gasteiger partial charge is 0.338 e. The number of methoxy groups -OCH3 is 1. The summed E-state index contributed by atoms with van der Waals surface area (Å²) in [4.78, 5) is 30.1. The van der Waals surface area contributed by atoms with Crippen LogP contribution in [0.5, 0.6) is 0 Å². The molecule has 170 valence electrons. The molecule has 0 spiro atoms. The normalized spacial score (nSPS) is 14.2. The van der Waals surface area contributed by atoms with E-state index in [1.54, 1.807) is 43.4 Å². The van der Waals surface area contributed by atoms with Crippen LogP contribution in [-0.4, -0.2) is 24.0 Å². The van der Waals surface area contributed by atoms with E-state index in [1.807, 2.05) is 42.5 Å². The van der Waals surface area contributed by atoms with E-state index in [9.17, 15) is 9.59 Å². The molecule has 1 N–H and O–H groups in total. The number of esters is 1. The molecule has 0 aliphatic heterocycles. The topological polar surface area (TPSA) is 68.3 Å². The molecule has 1 aliphatic carbocycles. The van der Waals surface area contributed by atoms with Crippen molar-refractivity contribution in [2.24, 2.45) is 0 Å². The van der Waals surface area contributed by atoms with Gasteiger partial charge in [-0.25, -0.2) is 9.78 Å². The van der Waals surface area contributed by atoms with Gasteiger partial charge in [-0.1, -0.05) is 42.8 Å². The summed E-state index contributed by atoms with van der Waals surface area (Å²) in [5.74, 6) is -0.0269. The molecule has 1 fully saturated rings. The van der Waals surface area contributed by atoms with E-state index in [0.29, 0.717) is 22.7 Å². The van der Waals surface area contributed by atoms with Gasteiger partial charge in [0.25, 0.3) is 0 Å². The largest absolute Gasteiger partial charge is 0.465 e. The molecule has 33 heavy (non-hydrogen) atoms. The first-order valence-corrected chi connectivity index (χ1v) is 12.0. The van der Waals surface area contributed by atoms with Crippen molar-refractivity contribution in [3.63, 3.8) is 0 Å². The summed E-state index contributed by atoms with van der Waals surface area (Å²) in [7, 11) is 1.34. The third-order valence-corrected chi connectivity index (χ3v) is 7.03. The molecule has 4 rings (SSSR count). The van der Waals surface area contributed by atoms with Gasteiger partial charge in [0.2, 0.25) is 5.91 Å². The van der Waals surface area contributed by atoms with E-state index in [2.05, 4.69) is 10.7 Å². The van der Waals surface area contributed by atoms with Crippen LogP contribution in [0.15, 0.2) is 53.9 Å². The Morgan fingerprint density at radius 1 is 1.12 bits per heavy atom. The predicted molar refractivity (Wildman–Crippen MR) is 134 cm³/mol. The average Bonchev–Trinajstić information content (AvgIpc) is 3.24. The minimum absolute atomic E-state index is 0.204. The molecule has 0 unspecified atom stereocenters. The number of aromatic nitrogens is 1. The van der Waals surface area contributed by atoms with Crippen LogP contribution in [0.1, 0.15) is 71.2 Å². The maximum Gasteiger partial charge on any atom is 0.338 e. The Hall–Kier alpha value is -3.25. The summed E-state index contributed by atoms with van der Waals surface area (Å²) in [5, 5.41) is 6.15. The van der Waals surface area contributed by atoms with Gasteiger partial charge in [0, 0.05) is 17.0 Å². The van der Waals surface area contributed by atoms with E-state index in [4.69, 9.17) is 9.72 Å². The quantitative estimate of drug-likeness (QED) is 0.421. The van der Waals surface area contributed by atoms with Gasteiger partial charge in [-0.15, -0.1) is 11.3 Å². The first-order valence-electron chi connectivity index (χ1n) is 11.1. The van der Waals surface area contributed by atoms with Gasteiger partial charge < -0.3 is 10.1 Å². The molecule has 0 saturated heterocycles. The molecule has 1 aliphatic rings. The second kappa shape index (κ2) is 9.71. The summed E-state index contributed by atoms with van der Waals surface area (Å²) in [6.45, 7) is 3.60. The van der Waals surface area contributed by atoms with Crippen molar-refractivity contribution < 1.29 is 14.3 Å². The number of hydrogen-bond donors (Lipinski definition) is 1. The van der Waals surface area contributed by atoms with Crippen molar-refractivity contribution in [1.29, 1.82) is 0 Å². The van der Waals surface area contributed by atoms with Gasteiger partial charge >= 0.3 is 5.97 Å². The highest BCUT2D eigenvalue weighted by atomic mass is 32.1. The molecular formula is C27H28N2O3S. The number of ether oxygens (including phenoxy) is 1. The van der Waals surface area contributed by atoms with Gasteiger partial charge in [-0.3, -0.25) is 4.79 Å². The molecule has 1 amide bonds. The molecule has 1 heterocycles. The fourth-order valence-corrected chi connectivity index (χ4v) is 4.67. The number of nitrogens with one attached hydrogen (secondary N) is 1. The van der Waals surface area contributed by atoms with Gasteiger partial charge in [0.05, 0.1) is 23.8 Å². The van der Waals surface area contributed by atoms with E-state index in [-0.39, 0.29) is 5.91 Å². The monoisotopic (exact) mass is 460 g/mol. The zero-order valence-electron chi connectivity index (χ0n) is 19.1. The van der Waals surface area contributed by atoms with Crippen molar-refractivity contribution in [3.05, 3.63) is 81.3 Å². The van der Waals surface area contributed by atoms with Crippen molar-refractivity contribution in [3.8, 4) is 0 Å². The van der Waals surface area contributed by atoms with Crippen LogP contribution >= 0.6 is 11.3 Å². The van der Waals surface area contributed by atoms with Crippen molar-refractivity contribution in [1.82, 2.24) is 4.98 Å². The van der Waals surface area contributed by atoms with Crippen molar-refractivity contribution in [2.75, 3.05) is 12.4 Å². The van der Waals surface area contributed by atoms with Crippen LogP contribution in [0.4, 0.5) is 5.69 Å². The molecular weight excluding hydrogens is 432 g/mol. The zero-order chi connectivity index (χ0) is 23.4. The fraction of sp³-hybridized carbons (Fsp3) is 0.296. The number of carbonyl (C=O) groups is 2. The van der Waals surface area contributed by atoms with Gasteiger partial charge in [0.15, 0.2) is 0 Å². The number of benzene rings is 2. The number of thiazole rings is 1. The molecule has 1 aromatic heterocycles. The lowest BCUT2D eigenvalue weighted by Crippen LogP contribution is -2.36. The molecule has 5 nitrogen and oxygen atoms in total. The lowest BCUT2D eigenvalue weighted by Gasteiger charge is -2.26. The highest BCUT2D eigenvalue weighted by molar-refractivity contribution is 7.10. The second-order valence-corrected chi connectivity index (χ2v) is 9.70. The minimum Gasteiger partial charge on any atom is -0.465 e. The van der Waals surface area contributed by atoms with Crippen LogP contribution in [0, 0.1) is 0 Å². The molecule has 0 atom stereocenters. The predicted octanol–water partition coefficient (Wildman–Crippen LogP) is 6.28. The number of carbonyl (C=O) groups excluding carboxylic acids is 2. The average molecular weight is 461 g/mol. The Morgan fingerprint density at radius 3 is 2.64 bits per heavy atom. The van der Waals surface area contributed by atoms with Gasteiger partial charge in [-0.2, -0.15) is 0 Å². The Morgan fingerprint density at radius 2 is 1.91 bits per heavy atom. The van der Waals surface area contributed by atoms with Crippen LogP contribution in [0.3, 0.4) is 0 Å². The van der Waals surface area contributed by atoms with Gasteiger partial charge in [-0.05, 0) is 62.1 Å². The van der Waals surface area contributed by atoms with E-state index >= 15 is 0 Å². The minimum atomic E-state index is -0.935. The summed E-state index contributed by atoms with van der Waals surface area (Å²) < 4.78 is 4.89. The molecule has 0 radical (unpaired) electrons. The second-order valence-electron chi connectivity index (χ2n) is 8.81. The van der Waals surface area contributed by atoms with Crippen LogP contribution in [0.25, 0.3) is 12.2 Å². The number of rotatable bonds is 7. The maximum atomic E-state index is 13.2. The Labute approximate surface area is 198 Å². The molecule has 0 bridgehead atoms. The standard InChI is InChI=1S/C27H28N2O3S/c1-27(2,22-13-5-4-12-21(22)25(30)32-3)26(31)28-20-11-6-8-18(16-20)14-15-24-29-23(17-33-24)19-9-7-10-19/h4-6,8,11-17,19H,7,9-10H2,1-3H3,(H,28,31)/b15-14+. The summed E-state index contributed by atoms with van der Waals surface area (Å²) in [6.07, 6.45) is 7.82. The third kappa shape index (κ3) is 5.06. The number of nitrogens with zero attached hydrogens (tertiary/aromatic N) is 1.